The van der Waals surface area contributed by atoms with Gasteiger partial charge in [0, 0.05) is 21.1 Å². The van der Waals surface area contributed by atoms with Crippen LogP contribution < -0.4 is 0 Å². The predicted octanol–water partition coefficient (Wildman–Crippen LogP) is 4.03. The van der Waals surface area contributed by atoms with Gasteiger partial charge < -0.3 is 10.2 Å². The number of benzene rings is 2. The molecule has 0 aliphatic carbocycles. The zero-order valence-corrected chi connectivity index (χ0v) is 15.6. The van der Waals surface area contributed by atoms with Crippen molar-refractivity contribution in [1.29, 1.82) is 0 Å². The summed E-state index contributed by atoms with van der Waals surface area (Å²) < 4.78 is 0. The third-order valence-corrected chi connectivity index (χ3v) is 2.04. The van der Waals surface area contributed by atoms with Gasteiger partial charge in [-0.2, -0.15) is 0 Å². The Morgan fingerprint density at radius 1 is 0.591 bits per heavy atom. The summed E-state index contributed by atoms with van der Waals surface area (Å²) in [6.45, 7) is 0. The average molecular weight is 450 g/mol. The smallest absolute Gasteiger partial charge is 0.335 e. The van der Waals surface area contributed by atoms with E-state index >= 15 is 0 Å². The van der Waals surface area contributed by atoms with Crippen LogP contribution in [0.1, 0.15) is 20.7 Å². The molecule has 8 heteroatoms. The Kier molecular flexibility index (Phi) is 21.5. The number of carboxylic acid groups (broad SMARTS) is 2. The summed E-state index contributed by atoms with van der Waals surface area (Å²) in [4.78, 5) is 20.4. The second kappa shape index (κ2) is 16.3. The fourth-order valence-corrected chi connectivity index (χ4v) is 1.16. The van der Waals surface area contributed by atoms with Crippen LogP contribution in [-0.2, 0) is 21.1 Å². The molecule has 0 atom stereocenters. The summed E-state index contributed by atoms with van der Waals surface area (Å²) in [5.41, 5.74) is 0.662. The maximum absolute atomic E-state index is 10.2. The van der Waals surface area contributed by atoms with Crippen LogP contribution in [0.25, 0.3) is 0 Å². The molecule has 0 saturated heterocycles. The van der Waals surface area contributed by atoms with Crippen LogP contribution in [0.15, 0.2) is 60.7 Å². The van der Waals surface area contributed by atoms with Gasteiger partial charge in [0.2, 0.25) is 0 Å². The third kappa shape index (κ3) is 11.6. The molecule has 4 nitrogen and oxygen atoms in total. The van der Waals surface area contributed by atoms with Crippen LogP contribution in [0.3, 0.4) is 0 Å². The first-order valence-corrected chi connectivity index (χ1v) is 5.18. The SMILES string of the molecule is Cl.Cl.Cl.O=C(O)c1ccccc1.O=C(O)c1ccccc1.[Mo]. The van der Waals surface area contributed by atoms with Crippen LogP contribution in [0.5, 0.6) is 0 Å². The second-order valence-corrected chi connectivity index (χ2v) is 3.34. The van der Waals surface area contributed by atoms with Crippen LogP contribution in [0, 0.1) is 0 Å². The van der Waals surface area contributed by atoms with Gasteiger partial charge >= 0.3 is 11.9 Å². The molecule has 2 aromatic rings. The minimum absolute atomic E-state index is 0. The predicted molar refractivity (Wildman–Crippen MR) is 88.5 cm³/mol. The molecule has 0 unspecified atom stereocenters. The Hall–Kier alpha value is -1.06. The molecule has 0 spiro atoms. The Labute approximate surface area is 161 Å². The molecular weight excluding hydrogens is 434 g/mol. The maximum Gasteiger partial charge on any atom is 0.335 e. The monoisotopic (exact) mass is 450 g/mol. The first kappa shape index (κ1) is 29.0. The van der Waals surface area contributed by atoms with Crippen molar-refractivity contribution in [3.8, 4) is 0 Å². The molecule has 0 fully saturated rings. The molecule has 0 saturated carbocycles. The Morgan fingerprint density at radius 2 is 0.818 bits per heavy atom. The number of hydrogen-bond donors (Lipinski definition) is 2. The summed E-state index contributed by atoms with van der Waals surface area (Å²) in [6.07, 6.45) is 0. The first-order valence-electron chi connectivity index (χ1n) is 5.18. The van der Waals surface area contributed by atoms with E-state index < -0.39 is 11.9 Å². The van der Waals surface area contributed by atoms with Gasteiger partial charge in [-0.15, -0.1) is 37.2 Å². The van der Waals surface area contributed by atoms with E-state index in [0.717, 1.165) is 0 Å². The van der Waals surface area contributed by atoms with Gasteiger partial charge in [-0.05, 0) is 24.3 Å². The van der Waals surface area contributed by atoms with Crippen LogP contribution in [0.4, 0.5) is 0 Å². The molecule has 0 amide bonds. The molecule has 2 rings (SSSR count). The van der Waals surface area contributed by atoms with Crippen molar-refractivity contribution in [1.82, 2.24) is 0 Å². The van der Waals surface area contributed by atoms with Crippen molar-refractivity contribution < 1.29 is 40.9 Å². The maximum atomic E-state index is 10.2. The second-order valence-electron chi connectivity index (χ2n) is 3.34. The molecule has 22 heavy (non-hydrogen) atoms. The number of carbonyl (C=O) groups is 2. The molecule has 0 heterocycles. The van der Waals surface area contributed by atoms with Gasteiger partial charge in [0.05, 0.1) is 11.1 Å². The van der Waals surface area contributed by atoms with E-state index in [0.29, 0.717) is 11.1 Å². The Balaban J connectivity index is -0.000000125. The summed E-state index contributed by atoms with van der Waals surface area (Å²) in [6, 6.07) is 16.6. The first-order chi connectivity index (χ1) is 8.61. The van der Waals surface area contributed by atoms with Crippen molar-refractivity contribution in [2.24, 2.45) is 0 Å². The van der Waals surface area contributed by atoms with Crippen LogP contribution >= 0.6 is 37.2 Å². The standard InChI is InChI=1S/2C7H6O2.3ClH.Mo/c2*8-7(9)6-4-2-1-3-5-6;;;;/h2*1-5H,(H,8,9);3*1H;. The van der Waals surface area contributed by atoms with E-state index in [-0.39, 0.29) is 58.3 Å². The normalized spacial score (nSPS) is 7.27. The minimum Gasteiger partial charge on any atom is -0.478 e. The molecular formula is C14H15Cl3MoO4. The summed E-state index contributed by atoms with van der Waals surface area (Å²) in [5.74, 6) is -1.76. The molecule has 0 aromatic heterocycles. The van der Waals surface area contributed by atoms with Crippen molar-refractivity contribution in [2.45, 2.75) is 0 Å². The molecule has 0 aliphatic heterocycles. The molecule has 122 valence electrons. The molecule has 2 N–H and O–H groups in total. The zero-order chi connectivity index (χ0) is 13.4. The molecule has 0 aliphatic rings. The van der Waals surface area contributed by atoms with E-state index in [4.69, 9.17) is 10.2 Å². The molecule has 0 radical (unpaired) electrons. The average Bonchev–Trinajstić information content (AvgIpc) is 2.41. The quantitative estimate of drug-likeness (QED) is 0.679. The Bertz CT molecular complexity index is 475. The number of aromatic carboxylic acids is 2. The van der Waals surface area contributed by atoms with Crippen molar-refractivity contribution in [2.75, 3.05) is 0 Å². The fraction of sp³-hybridized carbons (Fsp3) is 0. The van der Waals surface area contributed by atoms with E-state index in [2.05, 4.69) is 0 Å². The van der Waals surface area contributed by atoms with E-state index in [1.807, 2.05) is 0 Å². The molecule has 0 bridgehead atoms. The van der Waals surface area contributed by atoms with Crippen molar-refractivity contribution in [3.63, 3.8) is 0 Å². The minimum atomic E-state index is -0.879. The van der Waals surface area contributed by atoms with Gasteiger partial charge in [0.1, 0.15) is 0 Å². The fourth-order valence-electron chi connectivity index (χ4n) is 1.16. The summed E-state index contributed by atoms with van der Waals surface area (Å²) in [5, 5.41) is 16.8. The van der Waals surface area contributed by atoms with Gasteiger partial charge in [0.15, 0.2) is 0 Å². The molecule has 2 aromatic carbocycles. The van der Waals surface area contributed by atoms with Crippen molar-refractivity contribution in [3.05, 3.63) is 71.8 Å². The number of hydrogen-bond acceptors (Lipinski definition) is 2. The van der Waals surface area contributed by atoms with Crippen molar-refractivity contribution >= 4 is 49.2 Å². The number of rotatable bonds is 2. The van der Waals surface area contributed by atoms with E-state index in [9.17, 15) is 9.59 Å². The van der Waals surface area contributed by atoms with Gasteiger partial charge in [-0.25, -0.2) is 9.59 Å². The zero-order valence-electron chi connectivity index (χ0n) is 11.1. The number of carboxylic acids is 2. The number of halogens is 3. The van der Waals surface area contributed by atoms with E-state index in [1.54, 1.807) is 60.7 Å². The largest absolute Gasteiger partial charge is 0.478 e. The van der Waals surface area contributed by atoms with Crippen LogP contribution in [0.2, 0.25) is 0 Å². The summed E-state index contributed by atoms with van der Waals surface area (Å²) in [7, 11) is 0. The van der Waals surface area contributed by atoms with Crippen LogP contribution in [-0.4, -0.2) is 22.2 Å². The van der Waals surface area contributed by atoms with E-state index in [1.165, 1.54) is 0 Å². The topological polar surface area (TPSA) is 74.6 Å². The van der Waals surface area contributed by atoms with Gasteiger partial charge in [-0.1, -0.05) is 36.4 Å². The van der Waals surface area contributed by atoms with Gasteiger partial charge in [0.25, 0.3) is 0 Å². The third-order valence-electron chi connectivity index (χ3n) is 2.04. The van der Waals surface area contributed by atoms with Gasteiger partial charge in [-0.3, -0.25) is 0 Å². The Morgan fingerprint density at radius 3 is 0.955 bits per heavy atom. The summed E-state index contributed by atoms with van der Waals surface area (Å²) >= 11 is 0.